The molecule has 9 heteroatoms. The number of primary sulfonamides is 1. The van der Waals surface area contributed by atoms with Gasteiger partial charge in [0.25, 0.3) is 0 Å². The Morgan fingerprint density at radius 3 is 2.39 bits per heavy atom. The minimum Gasteiger partial charge on any atom is -0.496 e. The van der Waals surface area contributed by atoms with Crippen molar-refractivity contribution in [2.24, 2.45) is 5.14 Å². The second-order valence-corrected chi connectivity index (χ2v) is 8.05. The van der Waals surface area contributed by atoms with Crippen molar-refractivity contribution >= 4 is 33.3 Å². The highest BCUT2D eigenvalue weighted by Gasteiger charge is 2.14. The predicted octanol–water partition coefficient (Wildman–Crippen LogP) is 2.32. The summed E-state index contributed by atoms with van der Waals surface area (Å²) < 4.78 is 27.6. The molecule has 0 saturated heterocycles. The summed E-state index contributed by atoms with van der Waals surface area (Å²) in [6.45, 7) is 0.363. The number of sulfonamides is 1. The van der Waals surface area contributed by atoms with E-state index >= 15 is 0 Å². The number of amides is 1. The highest BCUT2D eigenvalue weighted by molar-refractivity contribution is 7.89. The van der Waals surface area contributed by atoms with Crippen LogP contribution in [0.5, 0.6) is 5.75 Å². The largest absolute Gasteiger partial charge is 0.496 e. The maximum atomic E-state index is 12.3. The zero-order valence-electron chi connectivity index (χ0n) is 15.3. The van der Waals surface area contributed by atoms with Crippen molar-refractivity contribution in [3.63, 3.8) is 0 Å². The zero-order valence-corrected chi connectivity index (χ0v) is 16.8. The second-order valence-electron chi connectivity index (χ2n) is 6.06. The molecule has 0 aliphatic carbocycles. The molecule has 2 aromatic rings. The van der Waals surface area contributed by atoms with Crippen molar-refractivity contribution < 1.29 is 22.7 Å². The summed E-state index contributed by atoms with van der Waals surface area (Å²) in [6.07, 6.45) is 0.594. The fraction of sp³-hybridized carbons (Fsp3) is 0.263. The van der Waals surface area contributed by atoms with Gasteiger partial charge in [0.2, 0.25) is 15.9 Å². The number of hydrogen-bond donors (Lipinski definition) is 2. The molecule has 2 rings (SSSR count). The molecule has 150 valence electrons. The van der Waals surface area contributed by atoms with Crippen LogP contribution in [0.4, 0.5) is 0 Å². The first-order valence-corrected chi connectivity index (χ1v) is 10.4. The molecule has 1 amide bonds. The van der Waals surface area contributed by atoms with E-state index in [9.17, 15) is 18.0 Å². The number of nitrogens with one attached hydrogen (secondary N) is 1. The Balaban J connectivity index is 1.80. The Morgan fingerprint density at radius 2 is 1.79 bits per heavy atom. The van der Waals surface area contributed by atoms with Crippen LogP contribution < -0.4 is 15.2 Å². The normalized spacial score (nSPS) is 11.1. The first kappa shape index (κ1) is 21.9. The van der Waals surface area contributed by atoms with Gasteiger partial charge in [0.1, 0.15) is 5.75 Å². The van der Waals surface area contributed by atoms with Gasteiger partial charge in [0.15, 0.2) is 5.78 Å². The highest BCUT2D eigenvalue weighted by atomic mass is 35.5. The van der Waals surface area contributed by atoms with Gasteiger partial charge < -0.3 is 10.1 Å². The predicted molar refractivity (Wildman–Crippen MR) is 106 cm³/mol. The molecular formula is C19H21ClN2O5S. The first-order chi connectivity index (χ1) is 13.2. The number of rotatable bonds is 9. The fourth-order valence-corrected chi connectivity index (χ4v) is 3.23. The van der Waals surface area contributed by atoms with Crippen LogP contribution >= 0.6 is 11.6 Å². The summed E-state index contributed by atoms with van der Waals surface area (Å²) >= 11 is 5.91. The number of Topliss-reactive ketones (excluding diaryl/α,β-unsaturated/α-hetero) is 1. The lowest BCUT2D eigenvalue weighted by Crippen LogP contribution is -2.26. The van der Waals surface area contributed by atoms with E-state index in [0.29, 0.717) is 29.3 Å². The molecule has 0 radical (unpaired) electrons. The van der Waals surface area contributed by atoms with E-state index in [-0.39, 0.29) is 29.4 Å². The van der Waals surface area contributed by atoms with Gasteiger partial charge in [0.05, 0.1) is 17.6 Å². The quantitative estimate of drug-likeness (QED) is 0.599. The number of hydrogen-bond acceptors (Lipinski definition) is 5. The van der Waals surface area contributed by atoms with E-state index in [1.165, 1.54) is 25.3 Å². The summed E-state index contributed by atoms with van der Waals surface area (Å²) in [4.78, 5) is 24.3. The Bertz CT molecular complexity index is 959. The Hall–Kier alpha value is -2.42. The number of benzene rings is 2. The number of nitrogens with two attached hydrogens (primary N) is 1. The number of carbonyl (C=O) groups is 2. The molecule has 7 nitrogen and oxygen atoms in total. The van der Waals surface area contributed by atoms with Crippen LogP contribution in [0.3, 0.4) is 0 Å². The SMILES string of the molecule is COc1ccc(Cl)cc1C(=O)CCC(=O)NCCc1ccc(S(N)(=O)=O)cc1. The highest BCUT2D eigenvalue weighted by Crippen LogP contribution is 2.24. The molecule has 0 heterocycles. The smallest absolute Gasteiger partial charge is 0.238 e. The van der Waals surface area contributed by atoms with Crippen LogP contribution in [-0.2, 0) is 21.2 Å². The van der Waals surface area contributed by atoms with Crippen molar-refractivity contribution in [3.05, 3.63) is 58.6 Å². The Kier molecular flexibility index (Phi) is 7.56. The van der Waals surface area contributed by atoms with Gasteiger partial charge in [0, 0.05) is 24.4 Å². The average molecular weight is 425 g/mol. The topological polar surface area (TPSA) is 116 Å². The van der Waals surface area contributed by atoms with Crippen LogP contribution in [0.15, 0.2) is 47.4 Å². The Labute approximate surface area is 168 Å². The van der Waals surface area contributed by atoms with E-state index in [0.717, 1.165) is 5.56 Å². The van der Waals surface area contributed by atoms with Crippen molar-refractivity contribution in [3.8, 4) is 5.75 Å². The van der Waals surface area contributed by atoms with Crippen LogP contribution in [0, 0.1) is 0 Å². The molecule has 3 N–H and O–H groups in total. The lowest BCUT2D eigenvalue weighted by Gasteiger charge is -2.09. The molecule has 0 saturated carbocycles. The third-order valence-corrected chi connectivity index (χ3v) is 5.19. The number of carbonyl (C=O) groups excluding carboxylic acids is 2. The molecular weight excluding hydrogens is 404 g/mol. The van der Waals surface area contributed by atoms with Crippen LogP contribution in [-0.4, -0.2) is 33.8 Å². The van der Waals surface area contributed by atoms with E-state index < -0.39 is 10.0 Å². The van der Waals surface area contributed by atoms with E-state index in [1.807, 2.05) is 0 Å². The molecule has 28 heavy (non-hydrogen) atoms. The minimum absolute atomic E-state index is 0.0333. The molecule has 0 atom stereocenters. The maximum absolute atomic E-state index is 12.3. The lowest BCUT2D eigenvalue weighted by atomic mass is 10.1. The number of ether oxygens (including phenoxy) is 1. The van der Waals surface area contributed by atoms with Gasteiger partial charge in [-0.3, -0.25) is 9.59 Å². The third-order valence-electron chi connectivity index (χ3n) is 4.03. The fourth-order valence-electron chi connectivity index (χ4n) is 2.54. The monoisotopic (exact) mass is 424 g/mol. The van der Waals surface area contributed by atoms with Gasteiger partial charge in [-0.1, -0.05) is 23.7 Å². The number of methoxy groups -OCH3 is 1. The standard InChI is InChI=1S/C19H21ClN2O5S/c1-27-18-8-4-14(20)12-16(18)17(23)7-9-19(24)22-11-10-13-2-5-15(6-3-13)28(21,25)26/h2-6,8,12H,7,9-11H2,1H3,(H,22,24)(H2,21,25,26). The minimum atomic E-state index is -3.72. The molecule has 0 unspecified atom stereocenters. The summed E-state index contributed by atoms with van der Waals surface area (Å²) in [7, 11) is -2.26. The van der Waals surface area contributed by atoms with Crippen LogP contribution in [0.2, 0.25) is 5.02 Å². The van der Waals surface area contributed by atoms with E-state index in [1.54, 1.807) is 24.3 Å². The van der Waals surface area contributed by atoms with Gasteiger partial charge >= 0.3 is 0 Å². The molecule has 0 bridgehead atoms. The van der Waals surface area contributed by atoms with Crippen molar-refractivity contribution in [1.82, 2.24) is 5.32 Å². The number of halogens is 1. The summed E-state index contributed by atoms with van der Waals surface area (Å²) in [5.41, 5.74) is 1.20. The van der Waals surface area contributed by atoms with Crippen LogP contribution in [0.1, 0.15) is 28.8 Å². The van der Waals surface area contributed by atoms with Crippen molar-refractivity contribution in [1.29, 1.82) is 0 Å². The van der Waals surface area contributed by atoms with Crippen molar-refractivity contribution in [2.45, 2.75) is 24.2 Å². The molecule has 0 aliphatic rings. The average Bonchev–Trinajstić information content (AvgIpc) is 2.65. The van der Waals surface area contributed by atoms with E-state index in [2.05, 4.69) is 5.32 Å². The summed E-state index contributed by atoms with van der Waals surface area (Å²) in [6, 6.07) is 10.9. The third kappa shape index (κ3) is 6.33. The summed E-state index contributed by atoms with van der Waals surface area (Å²) in [5.74, 6) is -0.0682. The van der Waals surface area contributed by atoms with Crippen molar-refractivity contribution in [2.75, 3.05) is 13.7 Å². The molecule has 0 aromatic heterocycles. The molecule has 0 spiro atoms. The van der Waals surface area contributed by atoms with Gasteiger partial charge in [-0.2, -0.15) is 0 Å². The van der Waals surface area contributed by atoms with Gasteiger partial charge in [-0.05, 0) is 42.3 Å². The van der Waals surface area contributed by atoms with E-state index in [4.69, 9.17) is 21.5 Å². The van der Waals surface area contributed by atoms with Gasteiger partial charge in [-0.15, -0.1) is 0 Å². The maximum Gasteiger partial charge on any atom is 0.238 e. The van der Waals surface area contributed by atoms with Gasteiger partial charge in [-0.25, -0.2) is 13.6 Å². The molecule has 2 aromatic carbocycles. The number of ketones is 1. The summed E-state index contributed by atoms with van der Waals surface area (Å²) in [5, 5.41) is 8.20. The second kappa shape index (κ2) is 9.68. The Morgan fingerprint density at radius 1 is 1.11 bits per heavy atom. The lowest BCUT2D eigenvalue weighted by molar-refractivity contribution is -0.121. The first-order valence-electron chi connectivity index (χ1n) is 8.46. The molecule has 0 aliphatic heterocycles. The zero-order chi connectivity index (χ0) is 20.7. The molecule has 0 fully saturated rings. The van der Waals surface area contributed by atoms with Crippen LogP contribution in [0.25, 0.3) is 0 Å².